The van der Waals surface area contributed by atoms with Gasteiger partial charge in [-0.1, -0.05) is 0 Å². The molecule has 2 aromatic carbocycles. The lowest BCUT2D eigenvalue weighted by atomic mass is 9.94. The Hall–Kier alpha value is -6.30. The first-order valence-corrected chi connectivity index (χ1v) is 19.5. The zero-order valence-corrected chi connectivity index (χ0v) is 31.4. The summed E-state index contributed by atoms with van der Waals surface area (Å²) in [6.45, 7) is 3.53. The third kappa shape index (κ3) is 7.12. The summed E-state index contributed by atoms with van der Waals surface area (Å²) in [7, 11) is 0. The molecule has 0 saturated carbocycles. The summed E-state index contributed by atoms with van der Waals surface area (Å²) in [4.78, 5) is 73.8. The molecule has 0 aliphatic carbocycles. The predicted octanol–water partition coefficient (Wildman–Crippen LogP) is 3.93. The summed E-state index contributed by atoms with van der Waals surface area (Å²) in [5, 5.41) is 14.7. The van der Waals surface area contributed by atoms with Crippen LogP contribution < -0.4 is 20.3 Å². The SMILES string of the molecule is O=C1CCC(N2C(=O)c3ccc(N4CCC(CN5CCC(n6cc7cc(NC(=O)c8cnn9cccnc89)c(OCC(F)F)cc7n6)CC5)CC4)cc3C2=O)C(=O)N1. The molecule has 1 atom stereocenters. The maximum atomic E-state index is 13.3. The predicted molar refractivity (Wildman–Crippen MR) is 205 cm³/mol. The van der Waals surface area contributed by atoms with Gasteiger partial charge < -0.3 is 19.9 Å². The van der Waals surface area contributed by atoms with E-state index in [9.17, 15) is 32.8 Å². The normalized spacial score (nSPS) is 19.7. The average Bonchev–Trinajstić information content (AvgIpc) is 3.91. The monoisotopic (exact) mass is 794 g/mol. The molecule has 0 spiro atoms. The van der Waals surface area contributed by atoms with Crippen molar-refractivity contribution in [2.45, 2.75) is 57.0 Å². The minimum Gasteiger partial charge on any atom is -0.485 e. The number of hydrogen-bond donors (Lipinski definition) is 2. The lowest BCUT2D eigenvalue weighted by Gasteiger charge is -2.38. The zero-order valence-electron chi connectivity index (χ0n) is 31.4. The number of hydrogen-bond acceptors (Lipinski definition) is 11. The van der Waals surface area contributed by atoms with Crippen molar-refractivity contribution in [3.63, 3.8) is 0 Å². The van der Waals surface area contributed by atoms with Crippen molar-refractivity contribution < 1.29 is 37.5 Å². The molecule has 0 radical (unpaired) electrons. The van der Waals surface area contributed by atoms with Gasteiger partial charge in [-0.05, 0) is 68.4 Å². The summed E-state index contributed by atoms with van der Waals surface area (Å²) in [6.07, 6.45) is 7.73. The maximum absolute atomic E-state index is 13.3. The van der Waals surface area contributed by atoms with Crippen molar-refractivity contribution in [1.82, 2.24) is 39.5 Å². The van der Waals surface area contributed by atoms with Gasteiger partial charge in [0.05, 0.1) is 34.6 Å². The number of aromatic nitrogens is 5. The van der Waals surface area contributed by atoms with Gasteiger partial charge in [-0.2, -0.15) is 10.2 Å². The Balaban J connectivity index is 0.800. The van der Waals surface area contributed by atoms with E-state index in [2.05, 4.69) is 30.5 Å². The fraction of sp³-hybridized carbons (Fsp3) is 0.400. The fourth-order valence-electron chi connectivity index (χ4n) is 8.57. The summed E-state index contributed by atoms with van der Waals surface area (Å²) in [6, 6.07) is 9.37. The summed E-state index contributed by atoms with van der Waals surface area (Å²) in [5.41, 5.74) is 2.82. The highest BCUT2D eigenvalue weighted by atomic mass is 19.3. The Morgan fingerprint density at radius 2 is 1.76 bits per heavy atom. The Morgan fingerprint density at radius 3 is 2.53 bits per heavy atom. The van der Waals surface area contributed by atoms with Crippen LogP contribution in [0.15, 0.2) is 61.2 Å². The van der Waals surface area contributed by atoms with Crippen LogP contribution in [0, 0.1) is 5.92 Å². The van der Waals surface area contributed by atoms with Gasteiger partial charge >= 0.3 is 0 Å². The van der Waals surface area contributed by atoms with E-state index in [0.717, 1.165) is 74.4 Å². The standard InChI is InChI=1S/C40H40F2N10O6/c41-34(42)22-58-33-18-30-24(16-31(33)45-37(54)29-19-44-50-11-1-10-43-36(29)50)21-51(47-30)25-8-12-48(13-9-25)20-23-6-14-49(15-7-23)26-2-3-27-28(17-26)40(57)52(39(27)56)32-4-5-35(53)46-38(32)55/h1-3,10-11,16-19,21,23,25,32,34H,4-9,12-15,20,22H2,(H,45,54)(H,46,53,55). The smallest absolute Gasteiger partial charge is 0.272 e. The van der Waals surface area contributed by atoms with Crippen molar-refractivity contribution in [3.8, 4) is 5.75 Å². The van der Waals surface area contributed by atoms with Gasteiger partial charge in [0.25, 0.3) is 24.1 Å². The molecular formula is C40H40F2N10O6. The van der Waals surface area contributed by atoms with Gasteiger partial charge in [0.1, 0.15) is 24.0 Å². The molecule has 5 aromatic rings. The quantitative estimate of drug-likeness (QED) is 0.196. The molecule has 3 fully saturated rings. The highest BCUT2D eigenvalue weighted by molar-refractivity contribution is 6.23. The van der Waals surface area contributed by atoms with Crippen molar-refractivity contribution in [1.29, 1.82) is 0 Å². The number of ether oxygens (including phenoxy) is 1. The van der Waals surface area contributed by atoms with Crippen molar-refractivity contribution >= 4 is 57.5 Å². The molecule has 2 N–H and O–H groups in total. The number of likely N-dealkylation sites (tertiary alicyclic amines) is 1. The second-order valence-corrected chi connectivity index (χ2v) is 15.3. The largest absolute Gasteiger partial charge is 0.485 e. The number of piperidine rings is 3. The Bertz CT molecular complexity index is 2450. The molecule has 3 aromatic heterocycles. The number of fused-ring (bicyclic) bond motifs is 3. The van der Waals surface area contributed by atoms with Crippen LogP contribution in [-0.2, 0) is 9.59 Å². The van der Waals surface area contributed by atoms with Gasteiger partial charge in [-0.25, -0.2) is 18.3 Å². The highest BCUT2D eigenvalue weighted by Crippen LogP contribution is 2.35. The molecule has 9 rings (SSSR count). The van der Waals surface area contributed by atoms with Crippen LogP contribution in [0.2, 0.25) is 0 Å². The van der Waals surface area contributed by atoms with E-state index < -0.39 is 48.6 Å². The van der Waals surface area contributed by atoms with Crippen molar-refractivity contribution in [2.24, 2.45) is 5.92 Å². The van der Waals surface area contributed by atoms with Gasteiger partial charge in [0.2, 0.25) is 11.8 Å². The van der Waals surface area contributed by atoms with Gasteiger partial charge in [-0.15, -0.1) is 0 Å². The molecule has 0 bridgehead atoms. The first-order valence-electron chi connectivity index (χ1n) is 19.5. The summed E-state index contributed by atoms with van der Waals surface area (Å²) >= 11 is 0. The minimum absolute atomic E-state index is 0.0745. The van der Waals surface area contributed by atoms with Gasteiger partial charge in [0.15, 0.2) is 5.65 Å². The molecule has 58 heavy (non-hydrogen) atoms. The zero-order chi connectivity index (χ0) is 40.1. The third-order valence-electron chi connectivity index (χ3n) is 11.6. The highest BCUT2D eigenvalue weighted by Gasteiger charge is 2.45. The molecule has 16 nitrogen and oxygen atoms in total. The molecule has 1 unspecified atom stereocenters. The first-order chi connectivity index (χ1) is 28.1. The van der Waals surface area contributed by atoms with Crippen molar-refractivity contribution in [3.05, 3.63) is 77.9 Å². The van der Waals surface area contributed by atoms with Gasteiger partial charge in [0, 0.05) is 74.9 Å². The van der Waals surface area contributed by atoms with E-state index in [4.69, 9.17) is 9.84 Å². The Labute approximate surface area is 330 Å². The third-order valence-corrected chi connectivity index (χ3v) is 11.6. The van der Waals surface area contributed by atoms with Crippen LogP contribution >= 0.6 is 0 Å². The number of benzene rings is 2. The number of nitrogens with zero attached hydrogens (tertiary/aromatic N) is 8. The molecule has 4 aliphatic heterocycles. The maximum Gasteiger partial charge on any atom is 0.272 e. The van der Waals surface area contributed by atoms with E-state index >= 15 is 0 Å². The topological polar surface area (TPSA) is 176 Å². The number of carbonyl (C=O) groups excluding carboxylic acids is 5. The number of carbonyl (C=O) groups is 5. The van der Waals surface area contributed by atoms with Crippen LogP contribution in [0.5, 0.6) is 5.75 Å². The Morgan fingerprint density at radius 1 is 0.966 bits per heavy atom. The molecule has 300 valence electrons. The van der Waals surface area contributed by atoms with E-state index in [-0.39, 0.29) is 47.0 Å². The number of halogens is 2. The van der Waals surface area contributed by atoms with Crippen molar-refractivity contribution in [2.75, 3.05) is 49.5 Å². The van der Waals surface area contributed by atoms with E-state index in [1.54, 1.807) is 42.7 Å². The van der Waals surface area contributed by atoms with Crippen LogP contribution in [0.4, 0.5) is 20.2 Å². The number of imide groups is 2. The Kier molecular flexibility index (Phi) is 9.79. The second-order valence-electron chi connectivity index (χ2n) is 15.3. The van der Waals surface area contributed by atoms with E-state index in [1.807, 2.05) is 16.9 Å². The average molecular weight is 795 g/mol. The molecule has 5 amide bonds. The van der Waals surface area contributed by atoms with Crippen LogP contribution in [-0.4, -0.2) is 116 Å². The lowest BCUT2D eigenvalue weighted by molar-refractivity contribution is -0.136. The fourth-order valence-corrected chi connectivity index (χ4v) is 8.57. The van der Waals surface area contributed by atoms with Gasteiger partial charge in [-0.3, -0.25) is 38.9 Å². The van der Waals surface area contributed by atoms with Crippen LogP contribution in [0.1, 0.15) is 75.6 Å². The number of nitrogens with one attached hydrogen (secondary N) is 2. The number of amides is 5. The first kappa shape index (κ1) is 37.3. The molecule has 3 saturated heterocycles. The van der Waals surface area contributed by atoms with Crippen LogP contribution in [0.25, 0.3) is 16.6 Å². The van der Waals surface area contributed by atoms with Crippen LogP contribution in [0.3, 0.4) is 0 Å². The molecule has 4 aliphatic rings. The number of alkyl halides is 2. The minimum atomic E-state index is -2.70. The molecular weight excluding hydrogens is 754 g/mol. The van der Waals surface area contributed by atoms with E-state index in [0.29, 0.717) is 17.1 Å². The molecule has 18 heteroatoms. The number of rotatable bonds is 10. The molecule has 7 heterocycles. The summed E-state index contributed by atoms with van der Waals surface area (Å²) in [5.74, 6) is -1.96. The lowest BCUT2D eigenvalue weighted by Crippen LogP contribution is -2.54. The number of anilines is 2. The summed E-state index contributed by atoms with van der Waals surface area (Å²) < 4.78 is 35.2. The second kappa shape index (κ2) is 15.2. The van der Waals surface area contributed by atoms with E-state index in [1.165, 1.54) is 10.7 Å².